The number of rotatable bonds is 4. The average Bonchev–Trinajstić information content (AvgIpc) is 2.72. The summed E-state index contributed by atoms with van der Waals surface area (Å²) in [6.45, 7) is 4.38. The number of esters is 1. The molecule has 0 saturated heterocycles. The fourth-order valence-electron chi connectivity index (χ4n) is 3.26. The Labute approximate surface area is 164 Å². The third kappa shape index (κ3) is 3.91. The molecule has 1 heterocycles. The van der Waals surface area contributed by atoms with Crippen LogP contribution in [-0.2, 0) is 27.3 Å². The quantitative estimate of drug-likeness (QED) is 0.653. The van der Waals surface area contributed by atoms with Crippen molar-refractivity contribution in [2.75, 3.05) is 19.0 Å². The van der Waals surface area contributed by atoms with E-state index in [2.05, 4.69) is 16.1 Å². The van der Waals surface area contributed by atoms with Crippen molar-refractivity contribution in [3.63, 3.8) is 0 Å². The SMILES string of the molecule is COC(=O)c1ccc(NC(=O)C(C)(C)C(=O)N2CCc3ccccc3C2)cc1. The van der Waals surface area contributed by atoms with Crippen molar-refractivity contribution >= 4 is 23.5 Å². The first-order valence-electron chi connectivity index (χ1n) is 9.19. The Morgan fingerprint density at radius 2 is 1.64 bits per heavy atom. The van der Waals surface area contributed by atoms with Crippen molar-refractivity contribution in [3.05, 3.63) is 65.2 Å². The van der Waals surface area contributed by atoms with Gasteiger partial charge in [-0.3, -0.25) is 9.59 Å². The summed E-state index contributed by atoms with van der Waals surface area (Å²) in [6, 6.07) is 14.4. The monoisotopic (exact) mass is 380 g/mol. The Morgan fingerprint density at radius 1 is 1.00 bits per heavy atom. The summed E-state index contributed by atoms with van der Waals surface area (Å²) in [5.41, 5.74) is 2.06. The van der Waals surface area contributed by atoms with Crippen LogP contribution in [0.2, 0.25) is 0 Å². The van der Waals surface area contributed by atoms with Gasteiger partial charge in [0, 0.05) is 18.8 Å². The second-order valence-electron chi connectivity index (χ2n) is 7.39. The highest BCUT2D eigenvalue weighted by molar-refractivity contribution is 6.10. The molecule has 0 aliphatic carbocycles. The third-order valence-corrected chi connectivity index (χ3v) is 5.08. The maximum absolute atomic E-state index is 13.0. The lowest BCUT2D eigenvalue weighted by molar-refractivity contribution is -0.147. The fraction of sp³-hybridized carbons (Fsp3) is 0.318. The van der Waals surface area contributed by atoms with Gasteiger partial charge in [0.15, 0.2) is 0 Å². The summed E-state index contributed by atoms with van der Waals surface area (Å²) in [5.74, 6) is -1.04. The van der Waals surface area contributed by atoms with Crippen molar-refractivity contribution in [1.82, 2.24) is 4.90 Å². The number of hydrogen-bond donors (Lipinski definition) is 1. The number of carbonyl (C=O) groups excluding carboxylic acids is 3. The van der Waals surface area contributed by atoms with Crippen LogP contribution in [0.15, 0.2) is 48.5 Å². The van der Waals surface area contributed by atoms with Gasteiger partial charge in [0.2, 0.25) is 11.8 Å². The Balaban J connectivity index is 1.68. The Morgan fingerprint density at radius 3 is 2.29 bits per heavy atom. The van der Waals surface area contributed by atoms with E-state index in [9.17, 15) is 14.4 Å². The summed E-state index contributed by atoms with van der Waals surface area (Å²) in [6.07, 6.45) is 0.786. The van der Waals surface area contributed by atoms with E-state index in [1.54, 1.807) is 43.0 Å². The molecule has 0 fully saturated rings. The lowest BCUT2D eigenvalue weighted by Crippen LogP contribution is -2.48. The van der Waals surface area contributed by atoms with Crippen LogP contribution in [0.3, 0.4) is 0 Å². The molecule has 0 atom stereocenters. The molecule has 0 bridgehead atoms. The highest BCUT2D eigenvalue weighted by atomic mass is 16.5. The number of nitrogens with zero attached hydrogens (tertiary/aromatic N) is 1. The van der Waals surface area contributed by atoms with E-state index in [0.717, 1.165) is 12.0 Å². The zero-order valence-corrected chi connectivity index (χ0v) is 16.3. The standard InChI is InChI=1S/C22H24N2O4/c1-22(2,20(26)23-18-10-8-16(9-11-18)19(25)28-3)21(27)24-13-12-15-6-4-5-7-17(15)14-24/h4-11H,12-14H2,1-3H3,(H,23,26). The second-order valence-corrected chi connectivity index (χ2v) is 7.39. The maximum Gasteiger partial charge on any atom is 0.337 e. The molecule has 6 nitrogen and oxygen atoms in total. The van der Waals surface area contributed by atoms with Crippen LogP contribution in [0, 0.1) is 5.41 Å². The molecule has 2 aromatic carbocycles. The van der Waals surface area contributed by atoms with Gasteiger partial charge in [-0.1, -0.05) is 24.3 Å². The van der Waals surface area contributed by atoms with Gasteiger partial charge in [-0.25, -0.2) is 4.79 Å². The highest BCUT2D eigenvalue weighted by Gasteiger charge is 2.40. The van der Waals surface area contributed by atoms with Crippen molar-refractivity contribution in [1.29, 1.82) is 0 Å². The van der Waals surface area contributed by atoms with Gasteiger partial charge in [0.1, 0.15) is 5.41 Å². The number of amides is 2. The molecule has 1 aliphatic heterocycles. The Hall–Kier alpha value is -3.15. The molecule has 3 rings (SSSR count). The molecule has 1 aliphatic rings. The van der Waals surface area contributed by atoms with Crippen molar-refractivity contribution < 1.29 is 19.1 Å². The van der Waals surface area contributed by atoms with E-state index in [4.69, 9.17) is 0 Å². The summed E-state index contributed by atoms with van der Waals surface area (Å²) < 4.78 is 4.66. The van der Waals surface area contributed by atoms with Gasteiger partial charge in [0.25, 0.3) is 0 Å². The number of carbonyl (C=O) groups is 3. The summed E-state index contributed by atoms with van der Waals surface area (Å²) in [7, 11) is 1.31. The topological polar surface area (TPSA) is 75.7 Å². The van der Waals surface area contributed by atoms with Crippen LogP contribution in [0.5, 0.6) is 0 Å². The zero-order valence-electron chi connectivity index (χ0n) is 16.3. The van der Waals surface area contributed by atoms with E-state index < -0.39 is 11.4 Å². The summed E-state index contributed by atoms with van der Waals surface area (Å²) in [5, 5.41) is 2.77. The van der Waals surface area contributed by atoms with E-state index in [0.29, 0.717) is 24.3 Å². The van der Waals surface area contributed by atoms with Crippen molar-refractivity contribution in [2.24, 2.45) is 5.41 Å². The van der Waals surface area contributed by atoms with Gasteiger partial charge in [-0.15, -0.1) is 0 Å². The van der Waals surface area contributed by atoms with E-state index >= 15 is 0 Å². The first-order valence-corrected chi connectivity index (χ1v) is 9.19. The number of benzene rings is 2. The summed E-state index contributed by atoms with van der Waals surface area (Å²) in [4.78, 5) is 39.1. The molecule has 2 amide bonds. The van der Waals surface area contributed by atoms with Crippen molar-refractivity contribution in [3.8, 4) is 0 Å². The highest BCUT2D eigenvalue weighted by Crippen LogP contribution is 2.26. The van der Waals surface area contributed by atoms with Gasteiger partial charge in [-0.05, 0) is 55.7 Å². The van der Waals surface area contributed by atoms with Gasteiger partial charge >= 0.3 is 5.97 Å². The minimum Gasteiger partial charge on any atom is -0.465 e. The van der Waals surface area contributed by atoms with Crippen molar-refractivity contribution in [2.45, 2.75) is 26.8 Å². The predicted molar refractivity (Wildman–Crippen MR) is 106 cm³/mol. The molecule has 0 saturated carbocycles. The van der Waals surface area contributed by atoms with Gasteiger partial charge < -0.3 is 15.0 Å². The number of anilines is 1. The lowest BCUT2D eigenvalue weighted by Gasteiger charge is -2.34. The number of nitrogens with one attached hydrogen (secondary N) is 1. The Kier molecular flexibility index (Phi) is 5.49. The maximum atomic E-state index is 13.0. The average molecular weight is 380 g/mol. The largest absolute Gasteiger partial charge is 0.465 e. The smallest absolute Gasteiger partial charge is 0.337 e. The van der Waals surface area contributed by atoms with Crippen LogP contribution in [-0.4, -0.2) is 36.3 Å². The molecule has 6 heteroatoms. The molecule has 146 valence electrons. The first kappa shape index (κ1) is 19.6. The summed E-state index contributed by atoms with van der Waals surface area (Å²) >= 11 is 0. The first-order chi connectivity index (χ1) is 13.3. The molecule has 0 radical (unpaired) electrons. The van der Waals surface area contributed by atoms with Crippen LogP contribution >= 0.6 is 0 Å². The van der Waals surface area contributed by atoms with E-state index in [-0.39, 0.29) is 11.8 Å². The molecule has 0 unspecified atom stereocenters. The lowest BCUT2D eigenvalue weighted by atomic mass is 9.88. The number of ether oxygens (including phenoxy) is 1. The Bertz CT molecular complexity index is 903. The van der Waals surface area contributed by atoms with Gasteiger partial charge in [-0.2, -0.15) is 0 Å². The fourth-order valence-corrected chi connectivity index (χ4v) is 3.26. The molecule has 0 aromatic heterocycles. The van der Waals surface area contributed by atoms with Crippen LogP contribution < -0.4 is 5.32 Å². The second kappa shape index (κ2) is 7.84. The molecular weight excluding hydrogens is 356 g/mol. The molecular formula is C22H24N2O4. The molecule has 2 aromatic rings. The number of methoxy groups -OCH3 is 1. The van der Waals surface area contributed by atoms with E-state index in [1.165, 1.54) is 12.7 Å². The number of hydrogen-bond acceptors (Lipinski definition) is 4. The minimum absolute atomic E-state index is 0.203. The third-order valence-electron chi connectivity index (χ3n) is 5.08. The molecule has 1 N–H and O–H groups in total. The number of fused-ring (bicyclic) bond motifs is 1. The van der Waals surface area contributed by atoms with Gasteiger partial charge in [0.05, 0.1) is 12.7 Å². The van der Waals surface area contributed by atoms with E-state index in [1.807, 2.05) is 18.2 Å². The zero-order chi connectivity index (χ0) is 20.3. The molecule has 28 heavy (non-hydrogen) atoms. The predicted octanol–water partition coefficient (Wildman–Crippen LogP) is 3.02. The van der Waals surface area contributed by atoms with Crippen LogP contribution in [0.1, 0.15) is 35.3 Å². The van der Waals surface area contributed by atoms with Crippen LogP contribution in [0.4, 0.5) is 5.69 Å². The molecule has 0 spiro atoms. The minimum atomic E-state index is -1.21. The van der Waals surface area contributed by atoms with Crippen LogP contribution in [0.25, 0.3) is 0 Å². The normalized spacial score (nSPS) is 13.5.